The maximum atomic E-state index is 12.2. The summed E-state index contributed by atoms with van der Waals surface area (Å²) in [4.78, 5) is 14.0. The summed E-state index contributed by atoms with van der Waals surface area (Å²) in [6.07, 6.45) is 2.67. The molecule has 0 radical (unpaired) electrons. The van der Waals surface area contributed by atoms with Crippen LogP contribution in [0.4, 0.5) is 0 Å². The number of carbonyl (C=O) groups excluding carboxylic acids is 1. The molecule has 2 N–H and O–H groups in total. The van der Waals surface area contributed by atoms with Gasteiger partial charge in [-0.25, -0.2) is 0 Å². The molecule has 2 fully saturated rings. The van der Waals surface area contributed by atoms with Crippen molar-refractivity contribution >= 4 is 5.91 Å². The second kappa shape index (κ2) is 5.15. The average Bonchev–Trinajstić information content (AvgIpc) is 2.33. The summed E-state index contributed by atoms with van der Waals surface area (Å²) in [6.45, 7) is 5.23. The van der Waals surface area contributed by atoms with Crippen LogP contribution in [0.3, 0.4) is 0 Å². The number of nitrogens with one attached hydrogen (secondary N) is 1. The number of rotatable bonds is 1. The van der Waals surface area contributed by atoms with Crippen molar-refractivity contribution in [2.24, 2.45) is 11.8 Å². The first-order valence-electron chi connectivity index (χ1n) is 6.36. The number of aliphatic hydroxyl groups excluding tert-OH is 1. The van der Waals surface area contributed by atoms with Gasteiger partial charge in [-0.3, -0.25) is 4.79 Å². The molecule has 0 aromatic heterocycles. The van der Waals surface area contributed by atoms with Gasteiger partial charge in [-0.05, 0) is 31.7 Å². The number of hydrogen-bond donors (Lipinski definition) is 2. The minimum atomic E-state index is -0.339. The molecule has 3 unspecified atom stereocenters. The quantitative estimate of drug-likeness (QED) is 0.672. The third kappa shape index (κ3) is 2.55. The number of carbonyl (C=O) groups is 1. The Bertz CT molecular complexity index is 251. The Morgan fingerprint density at radius 2 is 2.25 bits per heavy atom. The van der Waals surface area contributed by atoms with E-state index in [1.807, 2.05) is 4.90 Å². The van der Waals surface area contributed by atoms with Gasteiger partial charge in [0.15, 0.2) is 0 Å². The van der Waals surface area contributed by atoms with E-state index in [0.717, 1.165) is 38.9 Å². The minimum Gasteiger partial charge on any atom is -0.391 e. The number of aliphatic hydroxyl groups is 1. The third-order valence-electron chi connectivity index (χ3n) is 3.88. The van der Waals surface area contributed by atoms with E-state index in [4.69, 9.17) is 0 Å². The average molecular weight is 226 g/mol. The van der Waals surface area contributed by atoms with Crippen LogP contribution in [0.1, 0.15) is 26.2 Å². The van der Waals surface area contributed by atoms with Gasteiger partial charge in [0.05, 0.1) is 12.0 Å². The Balaban J connectivity index is 1.89. The molecular weight excluding hydrogens is 204 g/mol. The van der Waals surface area contributed by atoms with E-state index >= 15 is 0 Å². The first kappa shape index (κ1) is 11.9. The summed E-state index contributed by atoms with van der Waals surface area (Å²) in [7, 11) is 0. The van der Waals surface area contributed by atoms with E-state index in [1.54, 1.807) is 0 Å². The molecule has 2 aliphatic rings. The van der Waals surface area contributed by atoms with Gasteiger partial charge in [-0.1, -0.05) is 6.92 Å². The molecule has 2 heterocycles. The van der Waals surface area contributed by atoms with Crippen LogP contribution < -0.4 is 5.32 Å². The molecule has 92 valence electrons. The van der Waals surface area contributed by atoms with Gasteiger partial charge in [0.1, 0.15) is 0 Å². The first-order chi connectivity index (χ1) is 7.68. The molecule has 16 heavy (non-hydrogen) atoms. The second-order valence-corrected chi connectivity index (χ2v) is 5.16. The lowest BCUT2D eigenvalue weighted by Gasteiger charge is -2.37. The van der Waals surface area contributed by atoms with Crippen LogP contribution in [0.25, 0.3) is 0 Å². The normalized spacial score (nSPS) is 36.1. The molecule has 4 nitrogen and oxygen atoms in total. The lowest BCUT2D eigenvalue weighted by molar-refractivity contribution is -0.140. The van der Waals surface area contributed by atoms with Crippen molar-refractivity contribution in [1.29, 1.82) is 0 Å². The lowest BCUT2D eigenvalue weighted by atomic mass is 9.93. The number of piperidine rings is 2. The van der Waals surface area contributed by atoms with Crippen molar-refractivity contribution < 1.29 is 9.90 Å². The van der Waals surface area contributed by atoms with Crippen LogP contribution in [-0.4, -0.2) is 48.2 Å². The Kier molecular flexibility index (Phi) is 3.82. The van der Waals surface area contributed by atoms with Crippen molar-refractivity contribution in [2.45, 2.75) is 32.3 Å². The highest BCUT2D eigenvalue weighted by Crippen LogP contribution is 2.20. The van der Waals surface area contributed by atoms with Crippen LogP contribution in [-0.2, 0) is 4.79 Å². The topological polar surface area (TPSA) is 52.6 Å². The summed E-state index contributed by atoms with van der Waals surface area (Å²) >= 11 is 0. The monoisotopic (exact) mass is 226 g/mol. The highest BCUT2D eigenvalue weighted by molar-refractivity contribution is 5.79. The van der Waals surface area contributed by atoms with Crippen molar-refractivity contribution in [3.8, 4) is 0 Å². The van der Waals surface area contributed by atoms with Gasteiger partial charge in [0.2, 0.25) is 5.91 Å². The van der Waals surface area contributed by atoms with Crippen molar-refractivity contribution in [3.05, 3.63) is 0 Å². The number of nitrogens with zero attached hydrogens (tertiary/aromatic N) is 1. The van der Waals surface area contributed by atoms with Gasteiger partial charge in [-0.2, -0.15) is 0 Å². The number of hydrogen-bond acceptors (Lipinski definition) is 3. The smallest absolute Gasteiger partial charge is 0.227 e. The Hall–Kier alpha value is -0.610. The zero-order chi connectivity index (χ0) is 11.5. The molecule has 4 heteroatoms. The van der Waals surface area contributed by atoms with E-state index in [2.05, 4.69) is 12.2 Å². The molecule has 0 aliphatic carbocycles. The Morgan fingerprint density at radius 3 is 2.88 bits per heavy atom. The SMILES string of the molecule is CC1CCN(C(=O)C2CCCNC2)CC1O. The molecule has 0 bridgehead atoms. The zero-order valence-corrected chi connectivity index (χ0v) is 9.98. The van der Waals surface area contributed by atoms with Gasteiger partial charge < -0.3 is 15.3 Å². The van der Waals surface area contributed by atoms with Crippen molar-refractivity contribution in [2.75, 3.05) is 26.2 Å². The maximum absolute atomic E-state index is 12.2. The molecule has 2 aliphatic heterocycles. The van der Waals surface area contributed by atoms with Crippen LogP contribution in [0.2, 0.25) is 0 Å². The van der Waals surface area contributed by atoms with Crippen molar-refractivity contribution in [3.63, 3.8) is 0 Å². The summed E-state index contributed by atoms with van der Waals surface area (Å²) < 4.78 is 0. The predicted octanol–water partition coefficient (Wildman–Crippen LogP) is 0.215. The molecule has 0 aromatic rings. The fourth-order valence-corrected chi connectivity index (χ4v) is 2.57. The summed E-state index contributed by atoms with van der Waals surface area (Å²) in [5.74, 6) is 0.695. The van der Waals surface area contributed by atoms with Crippen LogP contribution in [0.5, 0.6) is 0 Å². The summed E-state index contributed by atoms with van der Waals surface area (Å²) in [5, 5.41) is 13.1. The summed E-state index contributed by atoms with van der Waals surface area (Å²) in [5.41, 5.74) is 0. The number of β-amino-alcohol motifs (C(OH)–C–C–N with tert-alkyl or cyclic N) is 1. The molecule has 1 amide bonds. The van der Waals surface area contributed by atoms with Crippen LogP contribution in [0, 0.1) is 11.8 Å². The number of likely N-dealkylation sites (tertiary alicyclic amines) is 1. The van der Waals surface area contributed by atoms with E-state index in [0.29, 0.717) is 12.5 Å². The fourth-order valence-electron chi connectivity index (χ4n) is 2.57. The lowest BCUT2D eigenvalue weighted by Crippen LogP contribution is -2.50. The molecule has 0 saturated carbocycles. The van der Waals surface area contributed by atoms with E-state index in [-0.39, 0.29) is 17.9 Å². The predicted molar refractivity (Wildman–Crippen MR) is 62.0 cm³/mol. The Labute approximate surface area is 97.0 Å². The molecule has 2 rings (SSSR count). The molecule has 0 aromatic carbocycles. The fraction of sp³-hybridized carbons (Fsp3) is 0.917. The maximum Gasteiger partial charge on any atom is 0.227 e. The summed E-state index contributed by atoms with van der Waals surface area (Å²) in [6, 6.07) is 0. The highest BCUT2D eigenvalue weighted by atomic mass is 16.3. The molecule has 0 spiro atoms. The standard InChI is InChI=1S/C12H22N2O2/c1-9-4-6-14(8-11(9)15)12(16)10-3-2-5-13-7-10/h9-11,13,15H,2-8H2,1H3. The van der Waals surface area contributed by atoms with E-state index < -0.39 is 0 Å². The molecule has 3 atom stereocenters. The van der Waals surface area contributed by atoms with Gasteiger partial charge in [0.25, 0.3) is 0 Å². The molecular formula is C12H22N2O2. The second-order valence-electron chi connectivity index (χ2n) is 5.16. The minimum absolute atomic E-state index is 0.134. The van der Waals surface area contributed by atoms with Crippen molar-refractivity contribution in [1.82, 2.24) is 10.2 Å². The van der Waals surface area contributed by atoms with Crippen LogP contribution >= 0.6 is 0 Å². The molecule has 2 saturated heterocycles. The number of amides is 1. The first-order valence-corrected chi connectivity index (χ1v) is 6.36. The third-order valence-corrected chi connectivity index (χ3v) is 3.88. The van der Waals surface area contributed by atoms with E-state index in [1.165, 1.54) is 0 Å². The van der Waals surface area contributed by atoms with E-state index in [9.17, 15) is 9.90 Å². The van der Waals surface area contributed by atoms with Crippen LogP contribution in [0.15, 0.2) is 0 Å². The van der Waals surface area contributed by atoms with Gasteiger partial charge in [-0.15, -0.1) is 0 Å². The largest absolute Gasteiger partial charge is 0.391 e. The highest BCUT2D eigenvalue weighted by Gasteiger charge is 2.31. The Morgan fingerprint density at radius 1 is 1.44 bits per heavy atom. The van der Waals surface area contributed by atoms with Gasteiger partial charge in [0, 0.05) is 19.6 Å². The van der Waals surface area contributed by atoms with Gasteiger partial charge >= 0.3 is 0 Å². The zero-order valence-electron chi connectivity index (χ0n) is 9.98.